The third-order valence-electron chi connectivity index (χ3n) is 2.93. The molecule has 0 atom stereocenters. The van der Waals surface area contributed by atoms with Crippen molar-refractivity contribution >= 4 is 5.91 Å². The van der Waals surface area contributed by atoms with Gasteiger partial charge >= 0.3 is 0 Å². The Kier molecular flexibility index (Phi) is 3.74. The second-order valence-electron chi connectivity index (χ2n) is 4.22. The van der Waals surface area contributed by atoms with Gasteiger partial charge in [0.2, 0.25) is 0 Å². The van der Waals surface area contributed by atoms with Gasteiger partial charge in [-0.2, -0.15) is 0 Å². The fourth-order valence-electron chi connectivity index (χ4n) is 1.99. The molecule has 0 bridgehead atoms. The third kappa shape index (κ3) is 2.82. The zero-order valence-corrected chi connectivity index (χ0v) is 9.91. The van der Waals surface area contributed by atoms with Crippen LogP contribution in [0.1, 0.15) is 22.3 Å². The molecule has 1 aliphatic heterocycles. The number of ether oxygens (including phenoxy) is 1. The molecule has 1 aromatic rings. The molecular weight excluding hydrogens is 221 g/mol. The Balaban J connectivity index is 2.17. The summed E-state index contributed by atoms with van der Waals surface area (Å²) in [4.78, 5) is 14.0. The molecule has 17 heavy (non-hydrogen) atoms. The van der Waals surface area contributed by atoms with E-state index in [0.29, 0.717) is 37.4 Å². The SMILES string of the molecule is Cc1cc(F)ccc1C(=O)N1CCCOCC1. The Morgan fingerprint density at radius 3 is 2.94 bits per heavy atom. The molecule has 3 nitrogen and oxygen atoms in total. The molecule has 0 saturated carbocycles. The van der Waals surface area contributed by atoms with Gasteiger partial charge in [0.25, 0.3) is 5.91 Å². The van der Waals surface area contributed by atoms with Gasteiger partial charge < -0.3 is 9.64 Å². The average molecular weight is 237 g/mol. The number of amides is 1. The highest BCUT2D eigenvalue weighted by Gasteiger charge is 2.19. The van der Waals surface area contributed by atoms with Gasteiger partial charge in [0, 0.05) is 25.3 Å². The van der Waals surface area contributed by atoms with E-state index in [4.69, 9.17) is 4.74 Å². The zero-order chi connectivity index (χ0) is 12.3. The highest BCUT2D eigenvalue weighted by atomic mass is 19.1. The van der Waals surface area contributed by atoms with Crippen molar-refractivity contribution in [2.45, 2.75) is 13.3 Å². The average Bonchev–Trinajstić information content (AvgIpc) is 2.56. The molecule has 0 radical (unpaired) electrons. The number of rotatable bonds is 1. The number of aryl methyl sites for hydroxylation is 1. The van der Waals surface area contributed by atoms with Crippen molar-refractivity contribution in [2.24, 2.45) is 0 Å². The lowest BCUT2D eigenvalue weighted by Crippen LogP contribution is -2.33. The Morgan fingerprint density at radius 2 is 2.18 bits per heavy atom. The Hall–Kier alpha value is -1.42. The summed E-state index contributed by atoms with van der Waals surface area (Å²) < 4.78 is 18.3. The van der Waals surface area contributed by atoms with Crippen molar-refractivity contribution in [3.8, 4) is 0 Å². The van der Waals surface area contributed by atoms with Crippen LogP contribution in [0.4, 0.5) is 4.39 Å². The first-order chi connectivity index (χ1) is 8.18. The van der Waals surface area contributed by atoms with Crippen molar-refractivity contribution in [2.75, 3.05) is 26.3 Å². The van der Waals surface area contributed by atoms with E-state index < -0.39 is 0 Å². The van der Waals surface area contributed by atoms with Crippen LogP contribution in [0.2, 0.25) is 0 Å². The molecule has 92 valence electrons. The van der Waals surface area contributed by atoms with Crippen molar-refractivity contribution < 1.29 is 13.9 Å². The van der Waals surface area contributed by atoms with Crippen molar-refractivity contribution in [1.29, 1.82) is 0 Å². The maximum Gasteiger partial charge on any atom is 0.254 e. The molecule has 0 spiro atoms. The van der Waals surface area contributed by atoms with E-state index >= 15 is 0 Å². The van der Waals surface area contributed by atoms with Crippen LogP contribution in [0, 0.1) is 12.7 Å². The molecule has 1 aliphatic rings. The van der Waals surface area contributed by atoms with Gasteiger partial charge in [0.15, 0.2) is 0 Å². The van der Waals surface area contributed by atoms with Crippen LogP contribution in [0.5, 0.6) is 0 Å². The molecule has 1 aromatic carbocycles. The first-order valence-corrected chi connectivity index (χ1v) is 5.81. The van der Waals surface area contributed by atoms with Crippen LogP contribution in [0.3, 0.4) is 0 Å². The van der Waals surface area contributed by atoms with Gasteiger partial charge in [-0.05, 0) is 37.1 Å². The van der Waals surface area contributed by atoms with Gasteiger partial charge in [0.1, 0.15) is 5.82 Å². The second-order valence-corrected chi connectivity index (χ2v) is 4.22. The van der Waals surface area contributed by atoms with E-state index in [-0.39, 0.29) is 11.7 Å². The molecule has 4 heteroatoms. The summed E-state index contributed by atoms with van der Waals surface area (Å²) in [6, 6.07) is 4.27. The van der Waals surface area contributed by atoms with Gasteiger partial charge in [0.05, 0.1) is 6.61 Å². The molecule has 0 aliphatic carbocycles. The maximum absolute atomic E-state index is 13.0. The largest absolute Gasteiger partial charge is 0.380 e. The minimum Gasteiger partial charge on any atom is -0.380 e. The topological polar surface area (TPSA) is 29.5 Å². The van der Waals surface area contributed by atoms with Crippen LogP contribution < -0.4 is 0 Å². The highest BCUT2D eigenvalue weighted by Crippen LogP contribution is 2.14. The lowest BCUT2D eigenvalue weighted by molar-refractivity contribution is 0.0740. The fraction of sp³-hybridized carbons (Fsp3) is 0.462. The summed E-state index contributed by atoms with van der Waals surface area (Å²) in [5, 5.41) is 0. The number of halogens is 1. The van der Waals surface area contributed by atoms with Crippen LogP contribution in [0.25, 0.3) is 0 Å². The van der Waals surface area contributed by atoms with Crippen LogP contribution in [0.15, 0.2) is 18.2 Å². The quantitative estimate of drug-likeness (QED) is 0.747. The molecule has 0 aromatic heterocycles. The van der Waals surface area contributed by atoms with Gasteiger partial charge in [-0.1, -0.05) is 0 Å². The molecule has 0 N–H and O–H groups in total. The second kappa shape index (κ2) is 5.27. The predicted molar refractivity (Wildman–Crippen MR) is 62.5 cm³/mol. The van der Waals surface area contributed by atoms with Crippen molar-refractivity contribution in [3.05, 3.63) is 35.1 Å². The summed E-state index contributed by atoms with van der Waals surface area (Å²) in [6.45, 7) is 4.34. The van der Waals surface area contributed by atoms with E-state index in [9.17, 15) is 9.18 Å². The summed E-state index contributed by atoms with van der Waals surface area (Å²) in [7, 11) is 0. The Morgan fingerprint density at radius 1 is 1.35 bits per heavy atom. The summed E-state index contributed by atoms with van der Waals surface area (Å²) >= 11 is 0. The molecule has 2 rings (SSSR count). The lowest BCUT2D eigenvalue weighted by atomic mass is 10.1. The highest BCUT2D eigenvalue weighted by molar-refractivity contribution is 5.95. The lowest BCUT2D eigenvalue weighted by Gasteiger charge is -2.20. The first kappa shape index (κ1) is 12.0. The number of benzene rings is 1. The summed E-state index contributed by atoms with van der Waals surface area (Å²) in [5.41, 5.74) is 1.26. The van der Waals surface area contributed by atoms with Gasteiger partial charge in [-0.3, -0.25) is 4.79 Å². The standard InChI is InChI=1S/C13H16FNO2/c1-10-9-11(14)3-4-12(10)13(16)15-5-2-7-17-8-6-15/h3-4,9H,2,5-8H2,1H3. The monoisotopic (exact) mass is 237 g/mol. The molecule has 1 heterocycles. The third-order valence-corrected chi connectivity index (χ3v) is 2.93. The molecule has 1 saturated heterocycles. The van der Waals surface area contributed by atoms with Gasteiger partial charge in [-0.15, -0.1) is 0 Å². The minimum absolute atomic E-state index is 0.0343. The zero-order valence-electron chi connectivity index (χ0n) is 9.91. The molecular formula is C13H16FNO2. The number of carbonyl (C=O) groups is 1. The van der Waals surface area contributed by atoms with E-state index in [1.807, 2.05) is 0 Å². The van der Waals surface area contributed by atoms with E-state index in [0.717, 1.165) is 6.42 Å². The van der Waals surface area contributed by atoms with Crippen LogP contribution in [-0.2, 0) is 4.74 Å². The van der Waals surface area contributed by atoms with E-state index in [2.05, 4.69) is 0 Å². The first-order valence-electron chi connectivity index (χ1n) is 5.81. The predicted octanol–water partition coefficient (Wildman–Crippen LogP) is 2.00. The maximum atomic E-state index is 13.0. The van der Waals surface area contributed by atoms with E-state index in [1.165, 1.54) is 12.1 Å². The van der Waals surface area contributed by atoms with Crippen LogP contribution >= 0.6 is 0 Å². The molecule has 0 unspecified atom stereocenters. The molecule has 1 fully saturated rings. The summed E-state index contributed by atoms with van der Waals surface area (Å²) in [6.07, 6.45) is 0.853. The smallest absolute Gasteiger partial charge is 0.254 e. The Labute approximate surface area is 100 Å². The van der Waals surface area contributed by atoms with Crippen LogP contribution in [-0.4, -0.2) is 37.1 Å². The number of carbonyl (C=O) groups excluding carboxylic acids is 1. The molecule has 1 amide bonds. The number of hydrogen-bond acceptors (Lipinski definition) is 2. The fourth-order valence-corrected chi connectivity index (χ4v) is 1.99. The van der Waals surface area contributed by atoms with E-state index in [1.54, 1.807) is 17.9 Å². The summed E-state index contributed by atoms with van der Waals surface area (Å²) in [5.74, 6) is -0.341. The van der Waals surface area contributed by atoms with Gasteiger partial charge in [-0.25, -0.2) is 4.39 Å². The van der Waals surface area contributed by atoms with Crippen molar-refractivity contribution in [1.82, 2.24) is 4.90 Å². The minimum atomic E-state index is -0.307. The normalized spacial score (nSPS) is 16.7. The van der Waals surface area contributed by atoms with Crippen molar-refractivity contribution in [3.63, 3.8) is 0 Å². The Bertz CT molecular complexity index is 412. The number of nitrogens with zero attached hydrogens (tertiary/aromatic N) is 1. The number of hydrogen-bond donors (Lipinski definition) is 0.